The molecule has 0 fully saturated rings. The van der Waals surface area contributed by atoms with Crippen molar-refractivity contribution < 1.29 is 0 Å². The van der Waals surface area contributed by atoms with E-state index >= 15 is 0 Å². The van der Waals surface area contributed by atoms with E-state index in [4.69, 9.17) is 4.98 Å². The summed E-state index contributed by atoms with van der Waals surface area (Å²) >= 11 is 0. The first kappa shape index (κ1) is 19.5. The van der Waals surface area contributed by atoms with Crippen molar-refractivity contribution >= 4 is 0 Å². The van der Waals surface area contributed by atoms with E-state index in [-0.39, 0.29) is 5.41 Å². The van der Waals surface area contributed by atoms with E-state index in [0.717, 1.165) is 23.8 Å². The molecule has 4 nitrogen and oxygen atoms in total. The molecule has 0 amide bonds. The van der Waals surface area contributed by atoms with Gasteiger partial charge in [0.15, 0.2) is 0 Å². The van der Waals surface area contributed by atoms with Crippen LogP contribution in [0.2, 0.25) is 0 Å². The van der Waals surface area contributed by atoms with Gasteiger partial charge >= 0.3 is 0 Å². The van der Waals surface area contributed by atoms with Crippen LogP contribution in [0.25, 0.3) is 0 Å². The van der Waals surface area contributed by atoms with Gasteiger partial charge in [-0.25, -0.2) is 9.97 Å². The molecule has 2 N–H and O–H groups in total. The lowest BCUT2D eigenvalue weighted by Crippen LogP contribution is -2.21. The molecule has 1 unspecified atom stereocenters. The van der Waals surface area contributed by atoms with Crippen molar-refractivity contribution in [1.29, 1.82) is 0 Å². The van der Waals surface area contributed by atoms with Crippen LogP contribution >= 0.6 is 0 Å². The highest BCUT2D eigenvalue weighted by molar-refractivity contribution is 5.26. The van der Waals surface area contributed by atoms with Gasteiger partial charge in [-0.1, -0.05) is 46.3 Å². The molecular formula is C21H34N4. The zero-order valence-corrected chi connectivity index (χ0v) is 17.1. The van der Waals surface area contributed by atoms with Crippen LogP contribution in [-0.4, -0.2) is 19.9 Å². The maximum atomic E-state index is 4.80. The van der Waals surface area contributed by atoms with Gasteiger partial charge in [-0.3, -0.25) is 0 Å². The average Bonchev–Trinajstić information content (AvgIpc) is 3.20. The van der Waals surface area contributed by atoms with Crippen LogP contribution in [0, 0.1) is 0 Å². The third-order valence-electron chi connectivity index (χ3n) is 5.24. The molecule has 0 bridgehead atoms. The molecule has 0 aliphatic carbocycles. The summed E-state index contributed by atoms with van der Waals surface area (Å²) in [6, 6.07) is 0. The molecule has 25 heavy (non-hydrogen) atoms. The van der Waals surface area contributed by atoms with Gasteiger partial charge in [-0.05, 0) is 33.1 Å². The summed E-state index contributed by atoms with van der Waals surface area (Å²) in [4.78, 5) is 16.1. The Balaban J connectivity index is 2.10. The van der Waals surface area contributed by atoms with Gasteiger partial charge in [0, 0.05) is 35.3 Å². The Labute approximate surface area is 152 Å². The van der Waals surface area contributed by atoms with Crippen molar-refractivity contribution in [3.8, 4) is 0 Å². The molecule has 2 aromatic rings. The number of hydrogen-bond donors (Lipinski definition) is 2. The van der Waals surface area contributed by atoms with Gasteiger partial charge in [0.1, 0.15) is 11.6 Å². The minimum absolute atomic E-state index is 0.0933. The van der Waals surface area contributed by atoms with Crippen LogP contribution in [0.15, 0.2) is 24.0 Å². The van der Waals surface area contributed by atoms with Gasteiger partial charge in [-0.2, -0.15) is 0 Å². The number of aromatic amines is 2. The van der Waals surface area contributed by atoms with E-state index in [1.165, 1.54) is 11.3 Å². The summed E-state index contributed by atoms with van der Waals surface area (Å²) < 4.78 is 0. The van der Waals surface area contributed by atoms with Gasteiger partial charge < -0.3 is 9.97 Å². The monoisotopic (exact) mass is 342 g/mol. The molecule has 0 aliphatic heterocycles. The molecule has 0 spiro atoms. The van der Waals surface area contributed by atoms with E-state index in [2.05, 4.69) is 76.4 Å². The Morgan fingerprint density at radius 3 is 2.36 bits per heavy atom. The highest BCUT2D eigenvalue weighted by Gasteiger charge is 2.26. The summed E-state index contributed by atoms with van der Waals surface area (Å²) in [5, 5.41) is 0. The zero-order chi connectivity index (χ0) is 18.8. The maximum absolute atomic E-state index is 4.80. The van der Waals surface area contributed by atoms with Gasteiger partial charge in [0.2, 0.25) is 0 Å². The Morgan fingerprint density at radius 2 is 1.84 bits per heavy atom. The second kappa shape index (κ2) is 7.59. The Hall–Kier alpha value is -1.84. The first-order valence-corrected chi connectivity index (χ1v) is 9.40. The fraction of sp³-hybridized carbons (Fsp3) is 0.619. The molecule has 0 saturated carbocycles. The summed E-state index contributed by atoms with van der Waals surface area (Å²) in [7, 11) is 0. The predicted octanol–water partition coefficient (Wildman–Crippen LogP) is 5.80. The van der Waals surface area contributed by atoms with E-state index in [9.17, 15) is 0 Å². The molecule has 0 saturated heterocycles. The zero-order valence-electron chi connectivity index (χ0n) is 17.1. The van der Waals surface area contributed by atoms with E-state index in [1.807, 2.05) is 12.4 Å². The largest absolute Gasteiger partial charge is 0.348 e. The lowest BCUT2D eigenvalue weighted by Gasteiger charge is -2.24. The fourth-order valence-electron chi connectivity index (χ4n) is 2.77. The summed E-state index contributed by atoms with van der Waals surface area (Å²) in [5.41, 5.74) is 3.59. The number of H-pyrrole nitrogens is 2. The van der Waals surface area contributed by atoms with Crippen LogP contribution in [0.1, 0.15) is 103 Å². The normalized spacial score (nSPS) is 14.6. The quantitative estimate of drug-likeness (QED) is 0.625. The van der Waals surface area contributed by atoms with E-state index in [1.54, 1.807) is 0 Å². The molecule has 2 rings (SSSR count). The number of aromatic nitrogens is 4. The molecule has 4 heteroatoms. The third-order valence-corrected chi connectivity index (χ3v) is 5.24. The Kier molecular flexibility index (Phi) is 5.91. The van der Waals surface area contributed by atoms with Gasteiger partial charge in [0.05, 0.1) is 5.69 Å². The molecule has 2 heterocycles. The number of nitrogens with one attached hydrogen (secondary N) is 2. The molecule has 138 valence electrons. The number of imidazole rings is 2. The minimum atomic E-state index is -0.0933. The maximum Gasteiger partial charge on any atom is 0.116 e. The van der Waals surface area contributed by atoms with Gasteiger partial charge in [-0.15, -0.1) is 0 Å². The van der Waals surface area contributed by atoms with Crippen molar-refractivity contribution in [3.05, 3.63) is 47.1 Å². The van der Waals surface area contributed by atoms with Crippen molar-refractivity contribution in [2.45, 2.75) is 85.0 Å². The number of nitrogens with zero attached hydrogens (tertiary/aromatic N) is 2. The lowest BCUT2D eigenvalue weighted by molar-refractivity contribution is 0.574. The van der Waals surface area contributed by atoms with Crippen molar-refractivity contribution in [2.75, 3.05) is 0 Å². The summed E-state index contributed by atoms with van der Waals surface area (Å²) in [5.74, 6) is 3.42. The number of allylic oxidation sites excluding steroid dienone is 2. The Morgan fingerprint density at radius 1 is 1.16 bits per heavy atom. The first-order chi connectivity index (χ1) is 11.6. The smallest absolute Gasteiger partial charge is 0.116 e. The SMILES string of the molecule is C/C(=C\CC(C)c1cnc(C(C)C)[nH]1)C(C)(C)c1nc(C(C)C)c[nH]1. The van der Waals surface area contributed by atoms with Crippen LogP contribution in [0.3, 0.4) is 0 Å². The van der Waals surface area contributed by atoms with Gasteiger partial charge in [0.25, 0.3) is 0 Å². The molecule has 1 atom stereocenters. The minimum Gasteiger partial charge on any atom is -0.348 e. The second-order valence-electron chi connectivity index (χ2n) is 8.36. The molecule has 2 aromatic heterocycles. The molecular weight excluding hydrogens is 308 g/mol. The van der Waals surface area contributed by atoms with E-state index < -0.39 is 0 Å². The predicted molar refractivity (Wildman–Crippen MR) is 105 cm³/mol. The highest BCUT2D eigenvalue weighted by Crippen LogP contribution is 2.31. The van der Waals surface area contributed by atoms with Crippen LogP contribution in [0.5, 0.6) is 0 Å². The molecule has 0 radical (unpaired) electrons. The van der Waals surface area contributed by atoms with E-state index in [0.29, 0.717) is 17.8 Å². The second-order valence-corrected chi connectivity index (χ2v) is 8.36. The standard InChI is InChI=1S/C21H34N4/c1-13(2)17-11-23-20(25-17)21(7,8)16(6)10-9-15(5)18-12-22-19(24-18)14(3)4/h10-15H,9H2,1-8H3,(H,22,24)(H,23,25)/b16-10+. The Bertz CT molecular complexity index is 716. The fourth-order valence-corrected chi connectivity index (χ4v) is 2.77. The van der Waals surface area contributed by atoms with Crippen LogP contribution < -0.4 is 0 Å². The summed E-state index contributed by atoms with van der Waals surface area (Å²) in [6.07, 6.45) is 7.36. The van der Waals surface area contributed by atoms with Crippen LogP contribution in [-0.2, 0) is 5.41 Å². The van der Waals surface area contributed by atoms with Crippen molar-refractivity contribution in [2.24, 2.45) is 0 Å². The molecule has 0 aliphatic rings. The summed E-state index contributed by atoms with van der Waals surface area (Å²) in [6.45, 7) is 17.6. The average molecular weight is 343 g/mol. The third kappa shape index (κ3) is 4.42. The van der Waals surface area contributed by atoms with Crippen molar-refractivity contribution in [1.82, 2.24) is 19.9 Å². The van der Waals surface area contributed by atoms with Crippen molar-refractivity contribution in [3.63, 3.8) is 0 Å². The number of rotatable bonds is 7. The lowest BCUT2D eigenvalue weighted by atomic mass is 9.83. The number of hydrogen-bond acceptors (Lipinski definition) is 2. The topological polar surface area (TPSA) is 57.4 Å². The first-order valence-electron chi connectivity index (χ1n) is 9.40. The molecule has 0 aromatic carbocycles. The highest BCUT2D eigenvalue weighted by atomic mass is 14.9. The van der Waals surface area contributed by atoms with Crippen LogP contribution in [0.4, 0.5) is 0 Å².